The number of aryl methyl sites for hydroxylation is 3. The fourth-order valence-electron chi connectivity index (χ4n) is 4.54. The SMILES string of the molecule is CCN(CC)CCCN1C(=O)C(=O)C(C(=O)c2cc(C)ccc2C)C1c1ccc(C)cc1. The molecule has 0 radical (unpaired) electrons. The summed E-state index contributed by atoms with van der Waals surface area (Å²) in [6, 6.07) is 12.9. The molecule has 1 aliphatic heterocycles. The van der Waals surface area contributed by atoms with Crippen molar-refractivity contribution < 1.29 is 14.4 Å². The second-order valence-corrected chi connectivity index (χ2v) is 8.76. The van der Waals surface area contributed by atoms with E-state index in [9.17, 15) is 14.4 Å². The lowest BCUT2D eigenvalue weighted by Gasteiger charge is -2.28. The van der Waals surface area contributed by atoms with E-state index in [0.717, 1.165) is 48.3 Å². The Hall–Kier alpha value is -2.79. The second-order valence-electron chi connectivity index (χ2n) is 8.76. The van der Waals surface area contributed by atoms with E-state index in [4.69, 9.17) is 0 Å². The van der Waals surface area contributed by atoms with Gasteiger partial charge in [0.05, 0.1) is 6.04 Å². The molecule has 0 bridgehead atoms. The molecule has 1 saturated heterocycles. The van der Waals surface area contributed by atoms with Crippen LogP contribution in [-0.2, 0) is 9.59 Å². The molecule has 0 aromatic heterocycles. The zero-order chi connectivity index (χ0) is 23.4. The lowest BCUT2D eigenvalue weighted by Crippen LogP contribution is -2.34. The van der Waals surface area contributed by atoms with Gasteiger partial charge in [0, 0.05) is 12.1 Å². The predicted octanol–water partition coefficient (Wildman–Crippen LogP) is 4.30. The molecule has 2 aromatic carbocycles. The van der Waals surface area contributed by atoms with Crippen molar-refractivity contribution in [2.24, 2.45) is 5.92 Å². The first kappa shape index (κ1) is 23.9. The maximum Gasteiger partial charge on any atom is 0.291 e. The Labute approximate surface area is 191 Å². The third-order valence-corrected chi connectivity index (χ3v) is 6.53. The van der Waals surface area contributed by atoms with Gasteiger partial charge >= 0.3 is 0 Å². The Morgan fingerprint density at radius 3 is 2.19 bits per heavy atom. The maximum absolute atomic E-state index is 13.6. The van der Waals surface area contributed by atoms with Crippen LogP contribution in [0.15, 0.2) is 42.5 Å². The minimum Gasteiger partial charge on any atom is -0.328 e. The van der Waals surface area contributed by atoms with Gasteiger partial charge in [0.1, 0.15) is 5.92 Å². The van der Waals surface area contributed by atoms with Gasteiger partial charge in [-0.1, -0.05) is 61.4 Å². The predicted molar refractivity (Wildman–Crippen MR) is 127 cm³/mol. The fourth-order valence-corrected chi connectivity index (χ4v) is 4.54. The molecular weight excluding hydrogens is 400 g/mol. The van der Waals surface area contributed by atoms with Crippen molar-refractivity contribution >= 4 is 17.5 Å². The van der Waals surface area contributed by atoms with E-state index >= 15 is 0 Å². The van der Waals surface area contributed by atoms with Crippen LogP contribution in [0.25, 0.3) is 0 Å². The van der Waals surface area contributed by atoms with Crippen molar-refractivity contribution in [3.8, 4) is 0 Å². The van der Waals surface area contributed by atoms with Crippen molar-refractivity contribution in [3.63, 3.8) is 0 Å². The Morgan fingerprint density at radius 1 is 0.938 bits per heavy atom. The average Bonchev–Trinajstić information content (AvgIpc) is 3.03. The van der Waals surface area contributed by atoms with Crippen LogP contribution in [0.5, 0.6) is 0 Å². The number of nitrogens with zero attached hydrogens (tertiary/aromatic N) is 2. The van der Waals surface area contributed by atoms with Crippen LogP contribution in [0.4, 0.5) is 0 Å². The van der Waals surface area contributed by atoms with Gasteiger partial charge in [0.25, 0.3) is 5.91 Å². The van der Waals surface area contributed by atoms with E-state index < -0.39 is 23.7 Å². The van der Waals surface area contributed by atoms with Gasteiger partial charge in [-0.2, -0.15) is 0 Å². The number of likely N-dealkylation sites (tertiary alicyclic amines) is 1. The third-order valence-electron chi connectivity index (χ3n) is 6.53. The van der Waals surface area contributed by atoms with Crippen LogP contribution >= 0.6 is 0 Å². The molecule has 5 nitrogen and oxygen atoms in total. The molecule has 2 unspecified atom stereocenters. The van der Waals surface area contributed by atoms with E-state index in [2.05, 4.69) is 18.7 Å². The molecule has 3 rings (SSSR count). The van der Waals surface area contributed by atoms with Gasteiger partial charge in [-0.3, -0.25) is 14.4 Å². The monoisotopic (exact) mass is 434 g/mol. The molecule has 2 atom stereocenters. The molecule has 2 aromatic rings. The van der Waals surface area contributed by atoms with E-state index in [1.807, 2.05) is 63.2 Å². The van der Waals surface area contributed by atoms with E-state index in [0.29, 0.717) is 12.1 Å². The van der Waals surface area contributed by atoms with Crippen LogP contribution < -0.4 is 0 Å². The summed E-state index contributed by atoms with van der Waals surface area (Å²) in [7, 11) is 0. The number of hydrogen-bond donors (Lipinski definition) is 0. The van der Waals surface area contributed by atoms with Crippen molar-refractivity contribution in [2.75, 3.05) is 26.2 Å². The van der Waals surface area contributed by atoms with Gasteiger partial charge in [-0.25, -0.2) is 0 Å². The number of amides is 1. The topological polar surface area (TPSA) is 57.7 Å². The molecule has 0 spiro atoms. The number of benzene rings is 2. The highest BCUT2D eigenvalue weighted by molar-refractivity contribution is 6.44. The zero-order valence-corrected chi connectivity index (χ0v) is 19.9. The molecule has 32 heavy (non-hydrogen) atoms. The van der Waals surface area contributed by atoms with Gasteiger partial charge < -0.3 is 9.80 Å². The molecular formula is C27H34N2O3. The number of rotatable bonds is 9. The molecule has 1 fully saturated rings. The van der Waals surface area contributed by atoms with E-state index in [1.54, 1.807) is 4.90 Å². The van der Waals surface area contributed by atoms with E-state index in [1.165, 1.54) is 0 Å². The minimum absolute atomic E-state index is 0.263. The largest absolute Gasteiger partial charge is 0.328 e. The number of ketones is 2. The van der Waals surface area contributed by atoms with E-state index in [-0.39, 0.29) is 5.78 Å². The quantitative estimate of drug-likeness (QED) is 0.336. The van der Waals surface area contributed by atoms with Gasteiger partial charge in [-0.15, -0.1) is 0 Å². The number of Topliss-reactive ketones (excluding diaryl/α,β-unsaturated/α-hetero) is 2. The Morgan fingerprint density at radius 2 is 1.56 bits per heavy atom. The second kappa shape index (κ2) is 10.2. The van der Waals surface area contributed by atoms with Crippen LogP contribution in [0.1, 0.15) is 58.9 Å². The van der Waals surface area contributed by atoms with Gasteiger partial charge in [-0.05, 0) is 64.0 Å². The van der Waals surface area contributed by atoms with Crippen molar-refractivity contribution in [1.82, 2.24) is 9.80 Å². The first-order chi connectivity index (χ1) is 15.3. The van der Waals surface area contributed by atoms with Crippen molar-refractivity contribution in [2.45, 2.75) is 47.1 Å². The molecule has 1 aliphatic rings. The van der Waals surface area contributed by atoms with Crippen LogP contribution in [0.2, 0.25) is 0 Å². The molecule has 0 N–H and O–H groups in total. The molecule has 1 heterocycles. The highest BCUT2D eigenvalue weighted by atomic mass is 16.2. The number of hydrogen-bond acceptors (Lipinski definition) is 4. The fraction of sp³-hybridized carbons (Fsp3) is 0.444. The molecule has 170 valence electrons. The summed E-state index contributed by atoms with van der Waals surface area (Å²) < 4.78 is 0. The minimum atomic E-state index is -1.01. The molecule has 1 amide bonds. The normalized spacial score (nSPS) is 18.6. The third kappa shape index (κ3) is 4.83. The Balaban J connectivity index is 1.98. The molecule has 0 aliphatic carbocycles. The standard InChI is InChI=1S/C27H34N2O3/c1-6-28(7-2)15-8-16-29-24(21-13-10-18(3)11-14-21)23(26(31)27(29)32)25(30)22-17-19(4)9-12-20(22)5/h9-14,17,23-24H,6-8,15-16H2,1-5H3. The lowest BCUT2D eigenvalue weighted by atomic mass is 9.84. The highest BCUT2D eigenvalue weighted by Crippen LogP contribution is 2.38. The summed E-state index contributed by atoms with van der Waals surface area (Å²) in [4.78, 5) is 43.8. The smallest absolute Gasteiger partial charge is 0.291 e. The summed E-state index contributed by atoms with van der Waals surface area (Å²) in [5, 5.41) is 0. The summed E-state index contributed by atoms with van der Waals surface area (Å²) in [5.41, 5.74) is 4.23. The molecule has 0 saturated carbocycles. The zero-order valence-electron chi connectivity index (χ0n) is 19.9. The summed E-state index contributed by atoms with van der Waals surface area (Å²) in [5.74, 6) is -2.41. The number of carbonyl (C=O) groups is 3. The first-order valence-electron chi connectivity index (χ1n) is 11.5. The van der Waals surface area contributed by atoms with Crippen LogP contribution in [0, 0.1) is 26.7 Å². The van der Waals surface area contributed by atoms with Crippen LogP contribution in [0.3, 0.4) is 0 Å². The summed E-state index contributed by atoms with van der Waals surface area (Å²) in [6.45, 7) is 13.2. The molecule has 5 heteroatoms. The van der Waals surface area contributed by atoms with Crippen molar-refractivity contribution in [1.29, 1.82) is 0 Å². The maximum atomic E-state index is 13.6. The first-order valence-corrected chi connectivity index (χ1v) is 11.5. The Bertz CT molecular complexity index is 992. The summed E-state index contributed by atoms with van der Waals surface area (Å²) >= 11 is 0. The average molecular weight is 435 g/mol. The highest BCUT2D eigenvalue weighted by Gasteiger charge is 2.51. The Kier molecular flexibility index (Phi) is 7.62. The van der Waals surface area contributed by atoms with Crippen molar-refractivity contribution in [3.05, 3.63) is 70.3 Å². The van der Waals surface area contributed by atoms with Gasteiger partial charge in [0.15, 0.2) is 5.78 Å². The van der Waals surface area contributed by atoms with Crippen LogP contribution in [-0.4, -0.2) is 53.5 Å². The number of carbonyl (C=O) groups excluding carboxylic acids is 3. The van der Waals surface area contributed by atoms with Gasteiger partial charge in [0.2, 0.25) is 5.78 Å². The summed E-state index contributed by atoms with van der Waals surface area (Å²) in [6.07, 6.45) is 0.757. The lowest BCUT2D eigenvalue weighted by molar-refractivity contribution is -0.140.